The Hall–Kier alpha value is -0.860. The molecule has 12 heavy (non-hydrogen) atoms. The molecule has 0 aliphatic heterocycles. The second-order valence-electron chi connectivity index (χ2n) is 2.84. The molecule has 0 aliphatic rings. The second-order valence-corrected chi connectivity index (χ2v) is 2.84. The van der Waals surface area contributed by atoms with Crippen molar-refractivity contribution in [3.05, 3.63) is 42.4 Å². The first kappa shape index (κ1) is 9.23. The third-order valence-corrected chi connectivity index (χ3v) is 1.75. The van der Waals surface area contributed by atoms with Gasteiger partial charge in [-0.1, -0.05) is 18.2 Å². The molecule has 0 amide bonds. The number of benzene rings is 1. The van der Waals surface area contributed by atoms with Crippen molar-refractivity contribution in [2.45, 2.75) is 13.1 Å². The molecule has 0 heterocycles. The molecule has 0 fully saturated rings. The minimum Gasteiger partial charge on any atom is -0.475 e. The van der Waals surface area contributed by atoms with E-state index >= 15 is 0 Å². The van der Waals surface area contributed by atoms with Gasteiger partial charge in [-0.3, -0.25) is 0 Å². The van der Waals surface area contributed by atoms with E-state index in [1.807, 2.05) is 12.4 Å². The first-order valence-corrected chi connectivity index (χ1v) is 4.20. The van der Waals surface area contributed by atoms with Gasteiger partial charge in [0, 0.05) is 12.1 Å². The van der Waals surface area contributed by atoms with Crippen LogP contribution in [0.5, 0.6) is 0 Å². The summed E-state index contributed by atoms with van der Waals surface area (Å²) in [6.45, 7) is 1.89. The van der Waals surface area contributed by atoms with Crippen molar-refractivity contribution >= 4 is 0 Å². The minimum atomic E-state index is 0.935. The molecular formula is C10H16N2. The van der Waals surface area contributed by atoms with Crippen molar-refractivity contribution in [2.75, 3.05) is 7.05 Å². The standard InChI is InChI=1S/C10H16N2/c1-11-7-9-4-3-5-10(6-9)8-12-2/h3-6,12H,1,7-8,11H2,2H3. The van der Waals surface area contributed by atoms with Gasteiger partial charge < -0.3 is 10.6 Å². The topological polar surface area (TPSA) is 28.6 Å². The van der Waals surface area contributed by atoms with Gasteiger partial charge >= 0.3 is 0 Å². The van der Waals surface area contributed by atoms with Gasteiger partial charge in [-0.05, 0) is 18.7 Å². The molecule has 0 atom stereocenters. The molecule has 0 spiro atoms. The number of nitrogens with two attached hydrogens (primary N) is 1. The first-order valence-electron chi connectivity index (χ1n) is 4.20. The number of quaternary nitrogens is 1. The molecule has 0 aromatic heterocycles. The highest BCUT2D eigenvalue weighted by Gasteiger charge is 1.93. The minimum absolute atomic E-state index is 0.935. The highest BCUT2D eigenvalue weighted by molar-refractivity contribution is 5.22. The molecule has 0 saturated carbocycles. The van der Waals surface area contributed by atoms with Crippen molar-refractivity contribution in [3.63, 3.8) is 0 Å². The lowest BCUT2D eigenvalue weighted by Crippen LogP contribution is -2.74. The lowest BCUT2D eigenvalue weighted by Gasteiger charge is -2.04. The quantitative estimate of drug-likeness (QED) is 0.614. The second kappa shape index (κ2) is 4.91. The van der Waals surface area contributed by atoms with Gasteiger partial charge in [0.1, 0.15) is 0 Å². The monoisotopic (exact) mass is 164 g/mol. The Kier molecular flexibility index (Phi) is 3.77. The molecule has 1 aromatic rings. The Morgan fingerprint density at radius 1 is 1.42 bits per heavy atom. The molecular weight excluding hydrogens is 148 g/mol. The van der Waals surface area contributed by atoms with Crippen LogP contribution in [0.15, 0.2) is 24.3 Å². The summed E-state index contributed by atoms with van der Waals surface area (Å²) in [5, 5.41) is 5.06. The van der Waals surface area contributed by atoms with E-state index in [0.29, 0.717) is 0 Å². The van der Waals surface area contributed by atoms with Crippen LogP contribution < -0.4 is 10.6 Å². The van der Waals surface area contributed by atoms with Crippen molar-refractivity contribution < 1.29 is 5.32 Å². The molecule has 2 heteroatoms. The average molecular weight is 164 g/mol. The summed E-state index contributed by atoms with van der Waals surface area (Å²) in [7, 11) is 5.67. The number of rotatable bonds is 4. The molecule has 3 N–H and O–H groups in total. The SMILES string of the molecule is [CH2-][NH2+]Cc1cccc(CNC)c1. The lowest BCUT2D eigenvalue weighted by molar-refractivity contribution is -0.612. The average Bonchev–Trinajstić information content (AvgIpc) is 2.06. The molecule has 0 radical (unpaired) electrons. The fourth-order valence-electron chi connectivity index (χ4n) is 1.24. The van der Waals surface area contributed by atoms with E-state index in [9.17, 15) is 0 Å². The molecule has 0 bridgehead atoms. The van der Waals surface area contributed by atoms with Crippen molar-refractivity contribution in [2.24, 2.45) is 0 Å². The fourth-order valence-corrected chi connectivity index (χ4v) is 1.24. The molecule has 0 aliphatic carbocycles. The number of hydrogen-bond donors (Lipinski definition) is 2. The van der Waals surface area contributed by atoms with Crippen LogP contribution in [0.1, 0.15) is 11.1 Å². The third kappa shape index (κ3) is 2.64. The zero-order valence-corrected chi connectivity index (χ0v) is 7.51. The van der Waals surface area contributed by atoms with E-state index in [2.05, 4.69) is 36.6 Å². The van der Waals surface area contributed by atoms with Crippen LogP contribution in [0.4, 0.5) is 0 Å². The summed E-state index contributed by atoms with van der Waals surface area (Å²) in [6, 6.07) is 8.55. The lowest BCUT2D eigenvalue weighted by atomic mass is 10.1. The van der Waals surface area contributed by atoms with Gasteiger partial charge in [-0.15, -0.1) is 0 Å². The Morgan fingerprint density at radius 3 is 2.83 bits per heavy atom. The van der Waals surface area contributed by atoms with E-state index in [0.717, 1.165) is 13.1 Å². The third-order valence-electron chi connectivity index (χ3n) is 1.75. The van der Waals surface area contributed by atoms with E-state index in [-0.39, 0.29) is 0 Å². The van der Waals surface area contributed by atoms with E-state index in [1.165, 1.54) is 11.1 Å². The van der Waals surface area contributed by atoms with Crippen LogP contribution >= 0.6 is 0 Å². The van der Waals surface area contributed by atoms with Crippen LogP contribution in [-0.4, -0.2) is 7.05 Å². The van der Waals surface area contributed by atoms with Gasteiger partial charge in [0.15, 0.2) is 0 Å². The van der Waals surface area contributed by atoms with E-state index in [1.54, 1.807) is 0 Å². The van der Waals surface area contributed by atoms with E-state index in [4.69, 9.17) is 0 Å². The van der Waals surface area contributed by atoms with Gasteiger partial charge in [-0.25, -0.2) is 0 Å². The molecule has 66 valence electrons. The van der Waals surface area contributed by atoms with Crippen LogP contribution in [-0.2, 0) is 13.1 Å². The van der Waals surface area contributed by atoms with Gasteiger partial charge in [-0.2, -0.15) is 7.05 Å². The van der Waals surface area contributed by atoms with Crippen molar-refractivity contribution in [1.82, 2.24) is 5.32 Å². The largest absolute Gasteiger partial charge is 0.475 e. The van der Waals surface area contributed by atoms with E-state index < -0.39 is 0 Å². The maximum absolute atomic E-state index is 3.72. The molecule has 0 saturated heterocycles. The highest BCUT2D eigenvalue weighted by Crippen LogP contribution is 2.03. The maximum Gasteiger partial charge on any atom is 0.0773 e. The zero-order chi connectivity index (χ0) is 8.81. The first-order chi connectivity index (χ1) is 5.86. The number of nitrogens with one attached hydrogen (secondary N) is 1. The van der Waals surface area contributed by atoms with Crippen molar-refractivity contribution in [3.8, 4) is 0 Å². The van der Waals surface area contributed by atoms with Crippen LogP contribution in [0.25, 0.3) is 0 Å². The molecule has 0 unspecified atom stereocenters. The summed E-state index contributed by atoms with van der Waals surface area (Å²) in [5.41, 5.74) is 2.66. The summed E-state index contributed by atoms with van der Waals surface area (Å²) >= 11 is 0. The van der Waals surface area contributed by atoms with Crippen LogP contribution in [0.3, 0.4) is 0 Å². The fraction of sp³-hybridized carbons (Fsp3) is 0.300. The van der Waals surface area contributed by atoms with Crippen LogP contribution in [0.2, 0.25) is 0 Å². The highest BCUT2D eigenvalue weighted by atomic mass is 14.8. The predicted molar refractivity (Wildman–Crippen MR) is 50.2 cm³/mol. The Labute approximate surface area is 74.0 Å². The van der Waals surface area contributed by atoms with Gasteiger partial charge in [0.2, 0.25) is 0 Å². The van der Waals surface area contributed by atoms with Gasteiger partial charge in [0.25, 0.3) is 0 Å². The summed E-state index contributed by atoms with van der Waals surface area (Å²) in [4.78, 5) is 0. The van der Waals surface area contributed by atoms with Crippen molar-refractivity contribution in [1.29, 1.82) is 0 Å². The Morgan fingerprint density at radius 2 is 2.17 bits per heavy atom. The summed E-state index contributed by atoms with van der Waals surface area (Å²) < 4.78 is 0. The summed E-state index contributed by atoms with van der Waals surface area (Å²) in [5.74, 6) is 0. The normalized spacial score (nSPS) is 10.2. The van der Waals surface area contributed by atoms with Crippen LogP contribution in [0, 0.1) is 7.05 Å². The number of hydrogen-bond acceptors (Lipinski definition) is 1. The Bertz CT molecular complexity index is 212. The van der Waals surface area contributed by atoms with Gasteiger partial charge in [0.05, 0.1) is 6.54 Å². The Balaban J connectivity index is 2.67. The molecule has 1 rings (SSSR count). The molecule has 1 aromatic carbocycles. The maximum atomic E-state index is 3.72. The predicted octanol–water partition coefficient (Wildman–Crippen LogP) is 0.261. The molecule has 2 nitrogen and oxygen atoms in total. The summed E-state index contributed by atoms with van der Waals surface area (Å²) in [6.07, 6.45) is 0. The smallest absolute Gasteiger partial charge is 0.0773 e. The zero-order valence-electron chi connectivity index (χ0n) is 7.51.